The van der Waals surface area contributed by atoms with Gasteiger partial charge in [0.1, 0.15) is 29.1 Å². The Kier molecular flexibility index (Phi) is 4.70. The Hall–Kier alpha value is -3.33. The molecule has 0 bridgehead atoms. The van der Waals surface area contributed by atoms with Crippen LogP contribution in [0.25, 0.3) is 16.9 Å². The van der Waals surface area contributed by atoms with Gasteiger partial charge in [-0.3, -0.25) is 0 Å². The highest BCUT2D eigenvalue weighted by Crippen LogP contribution is 2.32. The smallest absolute Gasteiger partial charge is 0.161 e. The van der Waals surface area contributed by atoms with Crippen LogP contribution in [0.4, 0.5) is 5.82 Å². The van der Waals surface area contributed by atoms with E-state index in [-0.39, 0.29) is 0 Å². The number of benzene rings is 1. The SMILES string of the molecule is Cc1nc(N2CC(c3nc4ccccc4n3C)C2)cc(-n2nc(C)nc2C[C@@H](C)O)n1. The Morgan fingerprint density at radius 3 is 2.52 bits per heavy atom. The van der Waals surface area contributed by atoms with Gasteiger partial charge in [-0.05, 0) is 32.9 Å². The predicted molar refractivity (Wildman–Crippen MR) is 117 cm³/mol. The van der Waals surface area contributed by atoms with E-state index >= 15 is 0 Å². The number of aryl methyl sites for hydroxylation is 3. The highest BCUT2D eigenvalue weighted by atomic mass is 16.3. The topological polar surface area (TPSA) is 97.8 Å². The standard InChI is InChI=1S/C22H26N8O/c1-13(31)9-20-25-15(3)27-30(20)21-10-19(23-14(2)24-21)29-11-16(12-29)22-26-17-7-5-6-8-18(17)28(22)4/h5-8,10,13,16,31H,9,11-12H2,1-4H3/t13-/m1/s1. The van der Waals surface area contributed by atoms with Crippen LogP contribution in [0.5, 0.6) is 0 Å². The summed E-state index contributed by atoms with van der Waals surface area (Å²) in [6.45, 7) is 7.17. The van der Waals surface area contributed by atoms with Gasteiger partial charge >= 0.3 is 0 Å². The molecule has 1 fully saturated rings. The fourth-order valence-electron chi connectivity index (χ4n) is 4.20. The van der Waals surface area contributed by atoms with Crippen LogP contribution in [0.3, 0.4) is 0 Å². The van der Waals surface area contributed by atoms with Gasteiger partial charge in [0.15, 0.2) is 5.82 Å². The maximum Gasteiger partial charge on any atom is 0.161 e. The number of anilines is 1. The van der Waals surface area contributed by atoms with E-state index in [0.717, 1.165) is 35.8 Å². The van der Waals surface area contributed by atoms with Gasteiger partial charge < -0.3 is 14.6 Å². The third-order valence-electron chi connectivity index (χ3n) is 5.68. The lowest BCUT2D eigenvalue weighted by molar-refractivity contribution is 0.192. The molecule has 1 saturated heterocycles. The van der Waals surface area contributed by atoms with E-state index < -0.39 is 6.10 Å². The zero-order valence-electron chi connectivity index (χ0n) is 18.2. The van der Waals surface area contributed by atoms with Crippen molar-refractivity contribution in [2.75, 3.05) is 18.0 Å². The number of aromatic nitrogens is 7. The summed E-state index contributed by atoms with van der Waals surface area (Å²) in [6, 6.07) is 10.2. The van der Waals surface area contributed by atoms with Crippen LogP contribution in [-0.4, -0.2) is 58.6 Å². The second-order valence-electron chi connectivity index (χ2n) is 8.29. The van der Waals surface area contributed by atoms with Gasteiger partial charge in [-0.25, -0.2) is 19.9 Å². The number of imidazole rings is 1. The van der Waals surface area contributed by atoms with Crippen molar-refractivity contribution >= 4 is 16.9 Å². The number of hydrogen-bond acceptors (Lipinski definition) is 7. The first kappa shape index (κ1) is 19.6. The molecule has 0 amide bonds. The number of nitrogens with zero attached hydrogens (tertiary/aromatic N) is 8. The lowest BCUT2D eigenvalue weighted by Crippen LogP contribution is -2.46. The predicted octanol–water partition coefficient (Wildman–Crippen LogP) is 2.09. The summed E-state index contributed by atoms with van der Waals surface area (Å²) >= 11 is 0. The van der Waals surface area contributed by atoms with Gasteiger partial charge in [-0.2, -0.15) is 4.68 Å². The van der Waals surface area contributed by atoms with Crippen molar-refractivity contribution in [3.63, 3.8) is 0 Å². The molecule has 1 aliphatic rings. The second kappa shape index (κ2) is 7.42. The largest absolute Gasteiger partial charge is 0.393 e. The summed E-state index contributed by atoms with van der Waals surface area (Å²) in [7, 11) is 2.08. The Morgan fingerprint density at radius 1 is 1.03 bits per heavy atom. The number of hydrogen-bond donors (Lipinski definition) is 1. The highest BCUT2D eigenvalue weighted by molar-refractivity contribution is 5.76. The summed E-state index contributed by atoms with van der Waals surface area (Å²) in [5, 5.41) is 14.3. The zero-order chi connectivity index (χ0) is 21.7. The summed E-state index contributed by atoms with van der Waals surface area (Å²) in [6.07, 6.45) is -0.0910. The maximum absolute atomic E-state index is 9.81. The van der Waals surface area contributed by atoms with E-state index in [1.165, 1.54) is 0 Å². The normalized spacial score (nSPS) is 15.5. The molecule has 0 unspecified atom stereocenters. The van der Waals surface area contributed by atoms with Crippen LogP contribution in [0.2, 0.25) is 0 Å². The van der Waals surface area contributed by atoms with Crippen molar-refractivity contribution in [2.24, 2.45) is 7.05 Å². The van der Waals surface area contributed by atoms with Crippen molar-refractivity contribution in [3.8, 4) is 5.82 Å². The third kappa shape index (κ3) is 3.54. The van der Waals surface area contributed by atoms with Crippen molar-refractivity contribution in [3.05, 3.63) is 53.6 Å². The first-order chi connectivity index (χ1) is 14.9. The molecule has 4 heterocycles. The van der Waals surface area contributed by atoms with E-state index in [9.17, 15) is 5.11 Å². The quantitative estimate of drug-likeness (QED) is 0.530. The van der Waals surface area contributed by atoms with Gasteiger partial charge in [0, 0.05) is 32.6 Å². The molecule has 1 N–H and O–H groups in total. The fraction of sp³-hybridized carbons (Fsp3) is 0.409. The number of aliphatic hydroxyl groups excluding tert-OH is 1. The van der Waals surface area contributed by atoms with Gasteiger partial charge in [0.25, 0.3) is 0 Å². The second-order valence-corrected chi connectivity index (χ2v) is 8.29. The fourth-order valence-corrected chi connectivity index (χ4v) is 4.20. The molecule has 1 atom stereocenters. The van der Waals surface area contributed by atoms with Crippen LogP contribution < -0.4 is 4.90 Å². The molecule has 4 aromatic rings. The molecule has 0 radical (unpaired) electrons. The molecular weight excluding hydrogens is 392 g/mol. The molecule has 0 aliphatic carbocycles. The molecule has 0 saturated carbocycles. The van der Waals surface area contributed by atoms with E-state index in [1.807, 2.05) is 32.0 Å². The third-order valence-corrected chi connectivity index (χ3v) is 5.68. The minimum Gasteiger partial charge on any atom is -0.393 e. The van der Waals surface area contributed by atoms with E-state index in [0.29, 0.717) is 35.6 Å². The first-order valence-corrected chi connectivity index (χ1v) is 10.5. The highest BCUT2D eigenvalue weighted by Gasteiger charge is 2.33. The number of para-hydroxylation sites is 2. The van der Waals surface area contributed by atoms with Crippen LogP contribution >= 0.6 is 0 Å². The van der Waals surface area contributed by atoms with E-state index in [1.54, 1.807) is 11.6 Å². The first-order valence-electron chi connectivity index (χ1n) is 10.5. The summed E-state index contributed by atoms with van der Waals surface area (Å²) in [4.78, 5) is 20.8. The summed E-state index contributed by atoms with van der Waals surface area (Å²) in [5.74, 6) is 5.02. The van der Waals surface area contributed by atoms with Gasteiger partial charge in [-0.1, -0.05) is 12.1 Å². The Bertz CT molecular complexity index is 1250. The average molecular weight is 419 g/mol. The zero-order valence-corrected chi connectivity index (χ0v) is 18.2. The molecule has 9 nitrogen and oxygen atoms in total. The van der Waals surface area contributed by atoms with Crippen LogP contribution in [-0.2, 0) is 13.5 Å². The number of aliphatic hydroxyl groups is 1. The van der Waals surface area contributed by atoms with Crippen molar-refractivity contribution in [1.29, 1.82) is 0 Å². The van der Waals surface area contributed by atoms with Crippen LogP contribution in [0.15, 0.2) is 30.3 Å². The summed E-state index contributed by atoms with van der Waals surface area (Å²) in [5.41, 5.74) is 2.19. The van der Waals surface area contributed by atoms with Crippen molar-refractivity contribution in [1.82, 2.24) is 34.3 Å². The number of fused-ring (bicyclic) bond motifs is 1. The minimum atomic E-state index is -0.505. The van der Waals surface area contributed by atoms with Gasteiger partial charge in [-0.15, -0.1) is 5.10 Å². The Labute approximate surface area is 180 Å². The molecule has 1 aromatic carbocycles. The molecule has 0 spiro atoms. The lowest BCUT2D eigenvalue weighted by atomic mass is 9.99. The molecule has 9 heteroatoms. The number of rotatable bonds is 5. The summed E-state index contributed by atoms with van der Waals surface area (Å²) < 4.78 is 3.90. The monoisotopic (exact) mass is 418 g/mol. The van der Waals surface area contributed by atoms with Crippen molar-refractivity contribution in [2.45, 2.75) is 39.2 Å². The molecule has 31 heavy (non-hydrogen) atoms. The van der Waals surface area contributed by atoms with Crippen molar-refractivity contribution < 1.29 is 5.11 Å². The van der Waals surface area contributed by atoms with Crippen LogP contribution in [0.1, 0.15) is 36.1 Å². The molecule has 1 aliphatic heterocycles. The average Bonchev–Trinajstić information content (AvgIpc) is 3.20. The molecular formula is C22H26N8O. The molecule has 3 aromatic heterocycles. The van der Waals surface area contributed by atoms with E-state index in [2.05, 4.69) is 48.7 Å². The lowest BCUT2D eigenvalue weighted by Gasteiger charge is -2.39. The Balaban J connectivity index is 1.40. The van der Waals surface area contributed by atoms with E-state index in [4.69, 9.17) is 4.98 Å². The molecule has 5 rings (SSSR count). The molecule has 160 valence electrons. The van der Waals surface area contributed by atoms with Gasteiger partial charge in [0.2, 0.25) is 0 Å². The maximum atomic E-state index is 9.81. The Morgan fingerprint density at radius 2 is 1.77 bits per heavy atom. The van der Waals surface area contributed by atoms with Crippen LogP contribution in [0, 0.1) is 13.8 Å². The van der Waals surface area contributed by atoms with Gasteiger partial charge in [0.05, 0.1) is 23.1 Å². The minimum absolute atomic E-state index is 0.357.